The lowest BCUT2D eigenvalue weighted by Gasteiger charge is -2.32. The number of nitrogens with one attached hydrogen (secondary N) is 2. The number of amides is 2. The summed E-state index contributed by atoms with van der Waals surface area (Å²) in [5.74, 6) is 0.879. The summed E-state index contributed by atoms with van der Waals surface area (Å²) in [5.41, 5.74) is 3.37. The third-order valence-electron chi connectivity index (χ3n) is 6.32. The molecule has 4 heterocycles. The summed E-state index contributed by atoms with van der Waals surface area (Å²) in [6.07, 6.45) is 6.90. The van der Waals surface area contributed by atoms with Crippen LogP contribution in [-0.2, 0) is 4.79 Å². The van der Waals surface area contributed by atoms with Crippen LogP contribution in [0.25, 0.3) is 23.0 Å². The van der Waals surface area contributed by atoms with Crippen molar-refractivity contribution < 1.29 is 14.0 Å². The number of piperidine rings is 1. The molecule has 33 heavy (non-hydrogen) atoms. The van der Waals surface area contributed by atoms with Gasteiger partial charge >= 0.3 is 0 Å². The molecule has 1 aromatic carbocycles. The number of hydrogen-bond donors (Lipinski definition) is 2. The van der Waals surface area contributed by atoms with Gasteiger partial charge in [0, 0.05) is 35.6 Å². The minimum atomic E-state index is -0.170. The van der Waals surface area contributed by atoms with Crippen LogP contribution in [0.4, 0.5) is 5.69 Å². The van der Waals surface area contributed by atoms with Crippen LogP contribution in [0.15, 0.2) is 59.1 Å². The number of para-hydroxylation sites is 1. The summed E-state index contributed by atoms with van der Waals surface area (Å²) < 4.78 is 5.93. The van der Waals surface area contributed by atoms with Crippen LogP contribution in [0.2, 0.25) is 0 Å². The van der Waals surface area contributed by atoms with Gasteiger partial charge in [0.15, 0.2) is 0 Å². The number of carbonyl (C=O) groups is 2. The van der Waals surface area contributed by atoms with Crippen LogP contribution >= 0.6 is 0 Å². The van der Waals surface area contributed by atoms with Crippen molar-refractivity contribution in [2.45, 2.75) is 25.3 Å². The van der Waals surface area contributed by atoms with Crippen molar-refractivity contribution in [1.82, 2.24) is 15.2 Å². The highest BCUT2D eigenvalue weighted by molar-refractivity contribution is 6.34. The summed E-state index contributed by atoms with van der Waals surface area (Å²) in [5, 5.41) is 5.86. The average molecular weight is 443 g/mol. The Morgan fingerprint density at radius 3 is 2.91 bits per heavy atom. The van der Waals surface area contributed by atoms with Crippen molar-refractivity contribution in [2.24, 2.45) is 0 Å². The second-order valence-corrected chi connectivity index (χ2v) is 8.53. The second kappa shape index (κ2) is 9.03. The smallest absolute Gasteiger partial charge is 0.269 e. The van der Waals surface area contributed by atoms with Gasteiger partial charge in [0.25, 0.3) is 11.8 Å². The van der Waals surface area contributed by atoms with Crippen molar-refractivity contribution in [2.75, 3.05) is 25.5 Å². The molecule has 2 aliphatic heterocycles. The van der Waals surface area contributed by atoms with E-state index in [1.54, 1.807) is 18.3 Å². The largest absolute Gasteiger partial charge is 0.457 e. The molecule has 0 spiro atoms. The minimum absolute atomic E-state index is 0.148. The van der Waals surface area contributed by atoms with Gasteiger partial charge in [-0.05, 0) is 62.8 Å². The van der Waals surface area contributed by atoms with Gasteiger partial charge in [0.1, 0.15) is 17.2 Å². The number of fused-ring (bicyclic) bond motifs is 1. The zero-order valence-corrected chi connectivity index (χ0v) is 18.5. The standard InChI is InChI=1S/C26H26N4O3/c1-30-13-5-4-6-18(30)16-28-26(32)23-11-9-17(15-27-23)24-12-10-19(33-24)14-21-20-7-2-3-8-22(20)29-25(21)31/h2-3,7-12,14-15,18H,4-6,13,16H2,1H3,(H,28,32)(H,29,31). The highest BCUT2D eigenvalue weighted by Gasteiger charge is 2.24. The molecule has 0 aliphatic carbocycles. The molecule has 0 radical (unpaired) electrons. The number of carbonyl (C=O) groups excluding carboxylic acids is 2. The number of likely N-dealkylation sites (N-methyl/N-ethyl adjacent to an activating group) is 1. The van der Waals surface area contributed by atoms with Crippen molar-refractivity contribution >= 4 is 29.2 Å². The predicted octanol–water partition coefficient (Wildman–Crippen LogP) is 4.05. The average Bonchev–Trinajstić information content (AvgIpc) is 3.43. The van der Waals surface area contributed by atoms with Crippen molar-refractivity contribution in [3.63, 3.8) is 0 Å². The molecule has 7 heteroatoms. The highest BCUT2D eigenvalue weighted by atomic mass is 16.3. The summed E-state index contributed by atoms with van der Waals surface area (Å²) in [6, 6.07) is 15.1. The summed E-state index contributed by atoms with van der Waals surface area (Å²) >= 11 is 0. The number of furan rings is 1. The molecule has 1 fully saturated rings. The van der Waals surface area contributed by atoms with Gasteiger partial charge in [-0.25, -0.2) is 0 Å². The number of anilines is 1. The van der Waals surface area contributed by atoms with E-state index in [0.29, 0.717) is 35.4 Å². The van der Waals surface area contributed by atoms with Gasteiger partial charge in [-0.3, -0.25) is 14.6 Å². The van der Waals surface area contributed by atoms with Crippen LogP contribution in [-0.4, -0.2) is 47.9 Å². The van der Waals surface area contributed by atoms with Gasteiger partial charge in [-0.1, -0.05) is 24.6 Å². The summed E-state index contributed by atoms with van der Waals surface area (Å²) in [6.45, 7) is 1.71. The molecule has 0 bridgehead atoms. The molecule has 2 amide bonds. The van der Waals surface area contributed by atoms with E-state index in [9.17, 15) is 9.59 Å². The molecule has 5 rings (SSSR count). The SMILES string of the molecule is CN1CCCCC1CNC(=O)c1ccc(-c2ccc(C=C3C(=O)Nc4ccccc43)o2)cn1. The van der Waals surface area contributed by atoms with E-state index in [4.69, 9.17) is 4.42 Å². The van der Waals surface area contributed by atoms with Crippen molar-refractivity contribution in [1.29, 1.82) is 0 Å². The van der Waals surface area contributed by atoms with Gasteiger partial charge in [0.2, 0.25) is 0 Å². The first kappa shape index (κ1) is 21.2. The van der Waals surface area contributed by atoms with E-state index in [2.05, 4.69) is 27.6 Å². The number of rotatable bonds is 5. The first-order chi connectivity index (χ1) is 16.1. The van der Waals surface area contributed by atoms with Gasteiger partial charge < -0.3 is 20.0 Å². The molecule has 0 saturated carbocycles. The van der Waals surface area contributed by atoms with E-state index < -0.39 is 0 Å². The molecule has 7 nitrogen and oxygen atoms in total. The highest BCUT2D eigenvalue weighted by Crippen LogP contribution is 2.33. The van der Waals surface area contributed by atoms with Crippen LogP contribution in [0.3, 0.4) is 0 Å². The molecule has 2 aliphatic rings. The number of hydrogen-bond acceptors (Lipinski definition) is 5. The number of nitrogens with zero attached hydrogens (tertiary/aromatic N) is 2. The molecule has 1 unspecified atom stereocenters. The monoisotopic (exact) mass is 442 g/mol. The first-order valence-corrected chi connectivity index (χ1v) is 11.3. The van der Waals surface area contributed by atoms with E-state index in [0.717, 1.165) is 29.8 Å². The van der Waals surface area contributed by atoms with E-state index in [-0.39, 0.29) is 11.8 Å². The molecule has 2 aromatic heterocycles. The van der Waals surface area contributed by atoms with Gasteiger partial charge in [-0.15, -0.1) is 0 Å². The lowest BCUT2D eigenvalue weighted by molar-refractivity contribution is -0.110. The molecule has 2 N–H and O–H groups in total. The predicted molar refractivity (Wildman–Crippen MR) is 127 cm³/mol. The lowest BCUT2D eigenvalue weighted by atomic mass is 10.0. The Morgan fingerprint density at radius 1 is 1.21 bits per heavy atom. The minimum Gasteiger partial charge on any atom is -0.457 e. The molecule has 1 atom stereocenters. The third kappa shape index (κ3) is 4.45. The van der Waals surface area contributed by atoms with Crippen molar-refractivity contribution in [3.05, 3.63) is 71.7 Å². The fourth-order valence-corrected chi connectivity index (χ4v) is 4.39. The maximum absolute atomic E-state index is 12.5. The summed E-state index contributed by atoms with van der Waals surface area (Å²) in [4.78, 5) is 31.5. The van der Waals surface area contributed by atoms with E-state index in [1.165, 1.54) is 12.8 Å². The quantitative estimate of drug-likeness (QED) is 0.582. The normalized spacial score (nSPS) is 19.4. The maximum atomic E-state index is 12.5. The second-order valence-electron chi connectivity index (χ2n) is 8.53. The van der Waals surface area contributed by atoms with Crippen LogP contribution in [0, 0.1) is 0 Å². The van der Waals surface area contributed by atoms with Crippen LogP contribution < -0.4 is 10.6 Å². The number of likely N-dealkylation sites (tertiary alicyclic amines) is 1. The number of aromatic nitrogens is 1. The zero-order chi connectivity index (χ0) is 22.8. The Labute approximate surface area is 192 Å². The molecular formula is C26H26N4O3. The zero-order valence-electron chi connectivity index (χ0n) is 18.5. The maximum Gasteiger partial charge on any atom is 0.269 e. The Morgan fingerprint density at radius 2 is 2.09 bits per heavy atom. The van der Waals surface area contributed by atoms with Gasteiger partial charge in [-0.2, -0.15) is 0 Å². The third-order valence-corrected chi connectivity index (χ3v) is 6.32. The van der Waals surface area contributed by atoms with Crippen molar-refractivity contribution in [3.8, 4) is 11.3 Å². The Kier molecular flexibility index (Phi) is 5.79. The molecular weight excluding hydrogens is 416 g/mol. The lowest BCUT2D eigenvalue weighted by Crippen LogP contribution is -2.44. The molecule has 168 valence electrons. The Balaban J connectivity index is 1.26. The van der Waals surface area contributed by atoms with Crippen LogP contribution in [0.1, 0.15) is 41.1 Å². The number of pyridine rings is 1. The molecule has 1 saturated heterocycles. The topological polar surface area (TPSA) is 87.5 Å². The van der Waals surface area contributed by atoms with E-state index in [1.807, 2.05) is 42.5 Å². The van der Waals surface area contributed by atoms with Crippen LogP contribution in [0.5, 0.6) is 0 Å². The Hall–Kier alpha value is -3.71. The van der Waals surface area contributed by atoms with E-state index >= 15 is 0 Å². The fourth-order valence-electron chi connectivity index (χ4n) is 4.39. The molecule has 3 aromatic rings. The summed E-state index contributed by atoms with van der Waals surface area (Å²) in [7, 11) is 2.11. The fraction of sp³-hybridized carbons (Fsp3) is 0.269. The Bertz CT molecular complexity index is 1210. The van der Waals surface area contributed by atoms with Gasteiger partial charge in [0.05, 0.1) is 5.57 Å². The number of benzene rings is 1. The first-order valence-electron chi connectivity index (χ1n) is 11.3.